The van der Waals surface area contributed by atoms with Crippen LogP contribution in [-0.2, 0) is 12.2 Å². The number of thioether (sulfide) groups is 1. The summed E-state index contributed by atoms with van der Waals surface area (Å²) in [7, 11) is 0. The van der Waals surface area contributed by atoms with Crippen LogP contribution in [0.4, 0.5) is 0 Å². The number of halogens is 2. The van der Waals surface area contributed by atoms with E-state index >= 15 is 0 Å². The van der Waals surface area contributed by atoms with Crippen LogP contribution in [0.2, 0.25) is 10.0 Å². The van der Waals surface area contributed by atoms with Crippen LogP contribution in [0.1, 0.15) is 23.1 Å². The van der Waals surface area contributed by atoms with Crippen molar-refractivity contribution in [2.24, 2.45) is 5.73 Å². The van der Waals surface area contributed by atoms with Gasteiger partial charge in [-0.15, -0.1) is 10.2 Å². The van der Waals surface area contributed by atoms with E-state index in [1.54, 1.807) is 12.1 Å². The summed E-state index contributed by atoms with van der Waals surface area (Å²) >= 11 is 13.7. The van der Waals surface area contributed by atoms with Gasteiger partial charge >= 0.3 is 0 Å². The maximum atomic E-state index is 6.16. The largest absolute Gasteiger partial charge is 0.414 e. The number of rotatable bonds is 6. The molecule has 0 spiro atoms. The van der Waals surface area contributed by atoms with Gasteiger partial charge in [0.25, 0.3) is 5.22 Å². The molecule has 3 rings (SSSR count). The Labute approximate surface area is 154 Å². The van der Waals surface area contributed by atoms with Gasteiger partial charge in [-0.1, -0.05) is 71.4 Å². The second kappa shape index (κ2) is 8.03. The van der Waals surface area contributed by atoms with E-state index < -0.39 is 0 Å². The topological polar surface area (TPSA) is 64.9 Å². The maximum absolute atomic E-state index is 6.16. The molecule has 3 aromatic rings. The molecule has 1 atom stereocenters. The highest BCUT2D eigenvalue weighted by Gasteiger charge is 2.16. The minimum absolute atomic E-state index is 0.335. The van der Waals surface area contributed by atoms with Gasteiger partial charge in [0.15, 0.2) is 0 Å². The van der Waals surface area contributed by atoms with Crippen LogP contribution in [0.15, 0.2) is 58.2 Å². The Morgan fingerprint density at radius 1 is 1.00 bits per heavy atom. The number of nitrogens with two attached hydrogens (primary N) is 1. The monoisotopic (exact) mass is 379 g/mol. The third kappa shape index (κ3) is 4.30. The van der Waals surface area contributed by atoms with E-state index in [0.717, 1.165) is 11.1 Å². The van der Waals surface area contributed by atoms with Gasteiger partial charge in [0.05, 0.1) is 6.04 Å². The molecule has 0 amide bonds. The fourth-order valence-electron chi connectivity index (χ4n) is 2.19. The molecule has 124 valence electrons. The lowest BCUT2D eigenvalue weighted by molar-refractivity contribution is 0.385. The van der Waals surface area contributed by atoms with Gasteiger partial charge in [-0.3, -0.25) is 0 Å². The number of hydrogen-bond donors (Lipinski definition) is 1. The summed E-state index contributed by atoms with van der Waals surface area (Å²) in [6, 6.07) is 15.0. The predicted octanol–water partition coefficient (Wildman–Crippen LogP) is 4.91. The summed E-state index contributed by atoms with van der Waals surface area (Å²) in [4.78, 5) is 0. The van der Waals surface area contributed by atoms with Crippen molar-refractivity contribution in [1.82, 2.24) is 10.2 Å². The first-order chi connectivity index (χ1) is 11.6. The number of benzene rings is 2. The minimum atomic E-state index is -0.335. The molecular formula is C17H15Cl2N3OS. The predicted molar refractivity (Wildman–Crippen MR) is 97.4 cm³/mol. The molecular weight excluding hydrogens is 365 g/mol. The van der Waals surface area contributed by atoms with Gasteiger partial charge in [0.2, 0.25) is 5.89 Å². The van der Waals surface area contributed by atoms with Crippen molar-refractivity contribution in [3.63, 3.8) is 0 Å². The Hall–Kier alpha value is -1.53. The molecule has 2 N–H and O–H groups in total. The van der Waals surface area contributed by atoms with Crippen molar-refractivity contribution < 1.29 is 4.42 Å². The summed E-state index contributed by atoms with van der Waals surface area (Å²) in [6.07, 6.45) is 0.642. The highest BCUT2D eigenvalue weighted by atomic mass is 35.5. The number of aromatic nitrogens is 2. The normalized spacial score (nSPS) is 12.3. The molecule has 4 nitrogen and oxygen atoms in total. The average molecular weight is 380 g/mol. The summed E-state index contributed by atoms with van der Waals surface area (Å²) in [5.41, 5.74) is 8.12. The van der Waals surface area contributed by atoms with E-state index in [4.69, 9.17) is 33.4 Å². The highest BCUT2D eigenvalue weighted by molar-refractivity contribution is 7.98. The highest BCUT2D eigenvalue weighted by Crippen LogP contribution is 2.31. The van der Waals surface area contributed by atoms with Crippen molar-refractivity contribution >= 4 is 35.0 Å². The molecule has 0 aliphatic heterocycles. The van der Waals surface area contributed by atoms with E-state index in [2.05, 4.69) is 10.2 Å². The van der Waals surface area contributed by atoms with Crippen LogP contribution in [0, 0.1) is 0 Å². The molecule has 1 aromatic heterocycles. The fraction of sp³-hybridized carbons (Fsp3) is 0.176. The van der Waals surface area contributed by atoms with Crippen LogP contribution in [-0.4, -0.2) is 10.2 Å². The molecule has 1 heterocycles. The van der Waals surface area contributed by atoms with E-state index in [0.29, 0.717) is 33.3 Å². The fourth-order valence-corrected chi connectivity index (χ4v) is 3.70. The zero-order chi connectivity index (χ0) is 16.9. The summed E-state index contributed by atoms with van der Waals surface area (Å²) < 4.78 is 5.65. The summed E-state index contributed by atoms with van der Waals surface area (Å²) in [5.74, 6) is 0.972. The van der Waals surface area contributed by atoms with Gasteiger partial charge in [0, 0.05) is 15.8 Å². The molecule has 7 heteroatoms. The van der Waals surface area contributed by atoms with Crippen LogP contribution < -0.4 is 5.73 Å². The van der Waals surface area contributed by atoms with Crippen LogP contribution in [0.25, 0.3) is 0 Å². The SMILES string of the molecule is N[C@@H](Cc1ccccc1)c1nnc(SCc2c(Cl)cccc2Cl)o1. The molecule has 0 aliphatic rings. The molecule has 0 aliphatic carbocycles. The molecule has 0 fully saturated rings. The first-order valence-electron chi connectivity index (χ1n) is 7.32. The first kappa shape index (κ1) is 17.3. The lowest BCUT2D eigenvalue weighted by Gasteiger charge is -2.06. The Kier molecular flexibility index (Phi) is 5.79. The molecule has 0 unspecified atom stereocenters. The van der Waals surface area contributed by atoms with Gasteiger partial charge in [-0.05, 0) is 29.7 Å². The Morgan fingerprint density at radius 3 is 2.42 bits per heavy atom. The minimum Gasteiger partial charge on any atom is -0.414 e. The lowest BCUT2D eigenvalue weighted by Crippen LogP contribution is -2.13. The number of hydrogen-bond acceptors (Lipinski definition) is 5. The Bertz CT molecular complexity index is 790. The third-order valence-corrected chi connectivity index (χ3v) is 4.99. The van der Waals surface area contributed by atoms with E-state index in [-0.39, 0.29) is 6.04 Å². The Balaban J connectivity index is 1.63. The van der Waals surface area contributed by atoms with Gasteiger partial charge < -0.3 is 10.2 Å². The van der Waals surface area contributed by atoms with Gasteiger partial charge in [-0.25, -0.2) is 0 Å². The van der Waals surface area contributed by atoms with Gasteiger partial charge in [0.1, 0.15) is 0 Å². The molecule has 2 aromatic carbocycles. The summed E-state index contributed by atoms with van der Waals surface area (Å²) in [5, 5.41) is 9.76. The van der Waals surface area contributed by atoms with E-state index in [1.165, 1.54) is 11.8 Å². The van der Waals surface area contributed by atoms with Crippen molar-refractivity contribution in [1.29, 1.82) is 0 Å². The number of nitrogens with zero attached hydrogens (tertiary/aromatic N) is 2. The Morgan fingerprint density at radius 2 is 1.71 bits per heavy atom. The second-order valence-corrected chi connectivity index (χ2v) is 6.93. The van der Waals surface area contributed by atoms with Crippen molar-refractivity contribution in [2.75, 3.05) is 0 Å². The van der Waals surface area contributed by atoms with Crippen LogP contribution in [0.5, 0.6) is 0 Å². The third-order valence-electron chi connectivity index (χ3n) is 3.44. The zero-order valence-electron chi connectivity index (χ0n) is 12.7. The van der Waals surface area contributed by atoms with Crippen LogP contribution >= 0.6 is 35.0 Å². The second-order valence-electron chi connectivity index (χ2n) is 5.19. The lowest BCUT2D eigenvalue weighted by atomic mass is 10.1. The maximum Gasteiger partial charge on any atom is 0.276 e. The van der Waals surface area contributed by atoms with E-state index in [9.17, 15) is 0 Å². The van der Waals surface area contributed by atoms with Crippen molar-refractivity contribution in [3.8, 4) is 0 Å². The van der Waals surface area contributed by atoms with Gasteiger partial charge in [-0.2, -0.15) is 0 Å². The average Bonchev–Trinajstić information content (AvgIpc) is 3.04. The summed E-state index contributed by atoms with van der Waals surface area (Å²) in [6.45, 7) is 0. The first-order valence-corrected chi connectivity index (χ1v) is 9.06. The molecule has 0 radical (unpaired) electrons. The van der Waals surface area contributed by atoms with Crippen molar-refractivity contribution in [3.05, 3.63) is 75.6 Å². The quantitative estimate of drug-likeness (QED) is 0.616. The smallest absolute Gasteiger partial charge is 0.276 e. The molecule has 0 saturated heterocycles. The standard InChI is InChI=1S/C17H15Cl2N3OS/c18-13-7-4-8-14(19)12(13)10-24-17-22-21-16(23-17)15(20)9-11-5-2-1-3-6-11/h1-8,15H,9-10,20H2/t15-/m0/s1. The molecule has 0 saturated carbocycles. The van der Waals surface area contributed by atoms with Crippen molar-refractivity contribution in [2.45, 2.75) is 23.4 Å². The zero-order valence-corrected chi connectivity index (χ0v) is 15.0. The molecule has 0 bridgehead atoms. The van der Waals surface area contributed by atoms with Crippen LogP contribution in [0.3, 0.4) is 0 Å². The van der Waals surface area contributed by atoms with E-state index in [1.807, 2.05) is 36.4 Å². The molecule has 24 heavy (non-hydrogen) atoms.